The average Bonchev–Trinajstić information content (AvgIpc) is 2.22. The minimum Gasteiger partial charge on any atom is -0.343 e. The molecular formula is C13H22N2O2. The zero-order valence-corrected chi connectivity index (χ0v) is 10.9. The van der Waals surface area contributed by atoms with Crippen molar-refractivity contribution in [3.05, 3.63) is 12.7 Å². The van der Waals surface area contributed by atoms with E-state index in [1.165, 1.54) is 0 Å². The van der Waals surface area contributed by atoms with Crippen LogP contribution >= 0.6 is 0 Å². The second-order valence-corrected chi connectivity index (χ2v) is 5.09. The lowest BCUT2D eigenvalue weighted by Gasteiger charge is -2.36. The lowest BCUT2D eigenvalue weighted by molar-refractivity contribution is -0.146. The SMILES string of the molecule is C=CCC(C)N1CC(=O)NC(CC(C)C)C1=O. The highest BCUT2D eigenvalue weighted by atomic mass is 16.2. The van der Waals surface area contributed by atoms with E-state index in [-0.39, 0.29) is 30.4 Å². The highest BCUT2D eigenvalue weighted by Crippen LogP contribution is 2.15. The number of hydrogen-bond acceptors (Lipinski definition) is 2. The molecule has 17 heavy (non-hydrogen) atoms. The summed E-state index contributed by atoms with van der Waals surface area (Å²) in [6.45, 7) is 9.88. The van der Waals surface area contributed by atoms with Crippen molar-refractivity contribution in [1.82, 2.24) is 10.2 Å². The summed E-state index contributed by atoms with van der Waals surface area (Å²) in [6.07, 6.45) is 3.19. The standard InChI is InChI=1S/C13H22N2O2/c1-5-6-10(4)15-8-12(16)14-11(13(15)17)7-9(2)3/h5,9-11H,1,6-8H2,2-4H3,(H,14,16). The summed E-state index contributed by atoms with van der Waals surface area (Å²) in [6, 6.07) is -0.316. The minimum absolute atomic E-state index is 0.0349. The maximum Gasteiger partial charge on any atom is 0.245 e. The maximum absolute atomic E-state index is 12.2. The summed E-state index contributed by atoms with van der Waals surface area (Å²) in [4.78, 5) is 25.4. The van der Waals surface area contributed by atoms with Gasteiger partial charge in [-0.15, -0.1) is 6.58 Å². The molecular weight excluding hydrogens is 216 g/mol. The van der Waals surface area contributed by atoms with Gasteiger partial charge in [-0.2, -0.15) is 0 Å². The molecule has 1 N–H and O–H groups in total. The van der Waals surface area contributed by atoms with Gasteiger partial charge in [-0.05, 0) is 25.7 Å². The molecule has 0 bridgehead atoms. The first-order valence-electron chi connectivity index (χ1n) is 6.16. The molecule has 0 aromatic rings. The monoisotopic (exact) mass is 238 g/mol. The molecule has 0 saturated carbocycles. The highest BCUT2D eigenvalue weighted by Gasteiger charge is 2.34. The Morgan fingerprint density at radius 1 is 1.47 bits per heavy atom. The summed E-state index contributed by atoms with van der Waals surface area (Å²) in [5.74, 6) is 0.359. The molecule has 0 aromatic heterocycles. The normalized spacial score (nSPS) is 22.6. The van der Waals surface area contributed by atoms with E-state index in [9.17, 15) is 9.59 Å². The van der Waals surface area contributed by atoms with Crippen molar-refractivity contribution in [2.75, 3.05) is 6.54 Å². The van der Waals surface area contributed by atoms with Crippen LogP contribution in [0.4, 0.5) is 0 Å². The highest BCUT2D eigenvalue weighted by molar-refractivity contribution is 5.95. The zero-order chi connectivity index (χ0) is 13.0. The Morgan fingerprint density at radius 3 is 2.65 bits per heavy atom. The van der Waals surface area contributed by atoms with Gasteiger partial charge >= 0.3 is 0 Å². The van der Waals surface area contributed by atoms with E-state index in [1.807, 2.05) is 20.8 Å². The molecule has 4 heteroatoms. The molecule has 1 saturated heterocycles. The van der Waals surface area contributed by atoms with Gasteiger partial charge in [0.15, 0.2) is 0 Å². The summed E-state index contributed by atoms with van der Waals surface area (Å²) in [5, 5.41) is 2.77. The van der Waals surface area contributed by atoms with E-state index in [0.29, 0.717) is 18.8 Å². The number of rotatable bonds is 5. The Balaban J connectivity index is 2.74. The molecule has 0 aromatic carbocycles. The van der Waals surface area contributed by atoms with E-state index < -0.39 is 0 Å². The van der Waals surface area contributed by atoms with Crippen LogP contribution in [-0.2, 0) is 9.59 Å². The molecule has 1 aliphatic heterocycles. The Bertz CT molecular complexity index is 313. The number of carbonyl (C=O) groups is 2. The second kappa shape index (κ2) is 5.84. The molecule has 1 fully saturated rings. The van der Waals surface area contributed by atoms with Crippen molar-refractivity contribution in [2.24, 2.45) is 5.92 Å². The number of carbonyl (C=O) groups excluding carboxylic acids is 2. The van der Waals surface area contributed by atoms with Crippen molar-refractivity contribution in [1.29, 1.82) is 0 Å². The summed E-state index contributed by atoms with van der Waals surface area (Å²) in [5.41, 5.74) is 0. The molecule has 2 amide bonds. The third-order valence-corrected chi connectivity index (χ3v) is 2.98. The third kappa shape index (κ3) is 3.58. The molecule has 1 aliphatic rings. The van der Waals surface area contributed by atoms with Crippen LogP contribution in [0.2, 0.25) is 0 Å². The molecule has 1 heterocycles. The maximum atomic E-state index is 12.2. The second-order valence-electron chi connectivity index (χ2n) is 5.09. The Labute approximate surface area is 103 Å². The van der Waals surface area contributed by atoms with Crippen LogP contribution in [0.5, 0.6) is 0 Å². The van der Waals surface area contributed by atoms with Gasteiger partial charge in [0.2, 0.25) is 11.8 Å². The topological polar surface area (TPSA) is 49.4 Å². The molecule has 4 nitrogen and oxygen atoms in total. The number of hydrogen-bond donors (Lipinski definition) is 1. The number of nitrogens with zero attached hydrogens (tertiary/aromatic N) is 1. The van der Waals surface area contributed by atoms with Gasteiger partial charge in [-0.1, -0.05) is 19.9 Å². The summed E-state index contributed by atoms with van der Waals surface area (Å²) >= 11 is 0. The van der Waals surface area contributed by atoms with E-state index >= 15 is 0 Å². The van der Waals surface area contributed by atoms with E-state index in [1.54, 1.807) is 11.0 Å². The number of nitrogens with one attached hydrogen (secondary N) is 1. The molecule has 96 valence electrons. The first kappa shape index (κ1) is 13.7. The van der Waals surface area contributed by atoms with Gasteiger partial charge in [0.05, 0.1) is 6.54 Å². The Kier molecular flexibility index (Phi) is 4.73. The smallest absolute Gasteiger partial charge is 0.245 e. The van der Waals surface area contributed by atoms with E-state index in [2.05, 4.69) is 11.9 Å². The fourth-order valence-corrected chi connectivity index (χ4v) is 2.11. The van der Waals surface area contributed by atoms with Crippen LogP contribution in [0, 0.1) is 5.92 Å². The summed E-state index contributed by atoms with van der Waals surface area (Å²) < 4.78 is 0. The van der Waals surface area contributed by atoms with Gasteiger partial charge in [0.1, 0.15) is 6.04 Å². The van der Waals surface area contributed by atoms with Gasteiger partial charge in [0, 0.05) is 6.04 Å². The number of amides is 2. The molecule has 1 rings (SSSR count). The largest absolute Gasteiger partial charge is 0.343 e. The lowest BCUT2D eigenvalue weighted by Crippen LogP contribution is -2.60. The van der Waals surface area contributed by atoms with Crippen molar-refractivity contribution in [3.8, 4) is 0 Å². The van der Waals surface area contributed by atoms with Crippen molar-refractivity contribution in [3.63, 3.8) is 0 Å². The van der Waals surface area contributed by atoms with Crippen LogP contribution in [0.15, 0.2) is 12.7 Å². The van der Waals surface area contributed by atoms with Crippen molar-refractivity contribution in [2.45, 2.75) is 45.7 Å². The van der Waals surface area contributed by atoms with E-state index in [4.69, 9.17) is 0 Å². The fraction of sp³-hybridized carbons (Fsp3) is 0.692. The molecule has 2 atom stereocenters. The Morgan fingerprint density at radius 2 is 2.12 bits per heavy atom. The van der Waals surface area contributed by atoms with E-state index in [0.717, 1.165) is 0 Å². The summed E-state index contributed by atoms with van der Waals surface area (Å²) in [7, 11) is 0. The van der Waals surface area contributed by atoms with Crippen LogP contribution in [0.3, 0.4) is 0 Å². The number of piperazine rings is 1. The van der Waals surface area contributed by atoms with Gasteiger partial charge < -0.3 is 10.2 Å². The van der Waals surface area contributed by atoms with Crippen LogP contribution < -0.4 is 5.32 Å². The van der Waals surface area contributed by atoms with Crippen LogP contribution in [-0.4, -0.2) is 35.3 Å². The fourth-order valence-electron chi connectivity index (χ4n) is 2.11. The molecule has 0 aliphatic carbocycles. The molecule has 2 unspecified atom stereocenters. The molecule has 0 radical (unpaired) electrons. The quantitative estimate of drug-likeness (QED) is 0.734. The first-order valence-corrected chi connectivity index (χ1v) is 6.16. The van der Waals surface area contributed by atoms with Crippen LogP contribution in [0.1, 0.15) is 33.6 Å². The van der Waals surface area contributed by atoms with Gasteiger partial charge in [0.25, 0.3) is 0 Å². The molecule has 0 spiro atoms. The van der Waals surface area contributed by atoms with Gasteiger partial charge in [-0.3, -0.25) is 9.59 Å². The van der Waals surface area contributed by atoms with Crippen molar-refractivity contribution >= 4 is 11.8 Å². The predicted molar refractivity (Wildman–Crippen MR) is 67.4 cm³/mol. The lowest BCUT2D eigenvalue weighted by atomic mass is 9.99. The first-order chi connectivity index (χ1) is 7.95. The predicted octanol–water partition coefficient (Wildman–Crippen LogP) is 1.32. The average molecular weight is 238 g/mol. The Hall–Kier alpha value is -1.32. The third-order valence-electron chi connectivity index (χ3n) is 2.98. The van der Waals surface area contributed by atoms with Crippen LogP contribution in [0.25, 0.3) is 0 Å². The minimum atomic E-state index is -0.358. The zero-order valence-electron chi connectivity index (χ0n) is 10.9. The van der Waals surface area contributed by atoms with Crippen molar-refractivity contribution < 1.29 is 9.59 Å². The van der Waals surface area contributed by atoms with Gasteiger partial charge in [-0.25, -0.2) is 0 Å².